The molecular weight excluding hydrogens is 639 g/mol. The number of aromatic nitrogens is 3. The lowest BCUT2D eigenvalue weighted by Gasteiger charge is -2.61. The van der Waals surface area contributed by atoms with Gasteiger partial charge < -0.3 is 0 Å². The number of benzene rings is 6. The van der Waals surface area contributed by atoms with E-state index in [1.807, 2.05) is 24.3 Å². The highest BCUT2D eigenvalue weighted by Crippen LogP contribution is 2.70. The van der Waals surface area contributed by atoms with E-state index < -0.39 is 18.1 Å². The molecule has 8 aromatic rings. The van der Waals surface area contributed by atoms with Gasteiger partial charge in [0.2, 0.25) is 0 Å². The fraction of sp³-hybridized carbons (Fsp3) is 0.213. The van der Waals surface area contributed by atoms with Gasteiger partial charge in [-0.05, 0) is 101 Å². The average Bonchev–Trinajstić information content (AvgIpc) is 3.75. The summed E-state index contributed by atoms with van der Waals surface area (Å²) < 4.78 is 45.7. The van der Waals surface area contributed by atoms with Gasteiger partial charge in [-0.3, -0.25) is 0 Å². The van der Waals surface area contributed by atoms with E-state index in [2.05, 4.69) is 72.8 Å². The summed E-state index contributed by atoms with van der Waals surface area (Å²) in [5.74, 6) is 3.65. The van der Waals surface area contributed by atoms with Gasteiger partial charge in [-0.1, -0.05) is 115 Å². The SMILES string of the molecule is [2H]c1c([2H])c([2H])c(-c2nc(-c3cccc4c3-c3c(ccc5ccccc35)C43C4CC5CC(C4)CC3C5)nc(-c3cccc4sc5ccccc5c34)n2)c([2H])c1[2H]. The van der Waals surface area contributed by atoms with Gasteiger partial charge in [0.1, 0.15) is 0 Å². The molecule has 4 heteroatoms. The molecule has 0 aliphatic heterocycles. The van der Waals surface area contributed by atoms with E-state index in [9.17, 15) is 0 Å². The molecule has 1 spiro atoms. The van der Waals surface area contributed by atoms with Crippen molar-refractivity contribution >= 4 is 42.3 Å². The lowest BCUT2D eigenvalue weighted by Crippen LogP contribution is -2.55. The normalized spacial score (nSPS) is 25.5. The molecule has 13 rings (SSSR count). The summed E-state index contributed by atoms with van der Waals surface area (Å²) >= 11 is 1.71. The van der Waals surface area contributed by atoms with Crippen molar-refractivity contribution in [2.75, 3.05) is 0 Å². The van der Waals surface area contributed by atoms with Crippen molar-refractivity contribution in [3.8, 4) is 45.3 Å². The standard InChI is InChI=1S/C47H35N3S/c1-2-11-30(12-3-1)44-48-45(35-16-9-19-40-41(35)34-14-6-7-18-39(34)51-40)50-46(49-44)36-15-8-17-37-43(36)42-33-13-5-4-10-29(33)20-21-38(42)47(37)31-23-27-22-28(25-31)26-32(47)24-27/h1-21,27-28,31-32H,22-26H2/i1D,2D,3D,11D,12D. The van der Waals surface area contributed by atoms with E-state index in [0.29, 0.717) is 23.5 Å². The molecule has 4 fully saturated rings. The van der Waals surface area contributed by atoms with Crippen LogP contribution in [0.25, 0.3) is 76.2 Å². The van der Waals surface area contributed by atoms with Crippen LogP contribution in [0.3, 0.4) is 0 Å². The third-order valence-electron chi connectivity index (χ3n) is 12.8. The minimum Gasteiger partial charge on any atom is -0.208 e. The molecule has 0 saturated heterocycles. The molecule has 0 unspecified atom stereocenters. The number of thiophene rings is 1. The first kappa shape index (κ1) is 24.1. The van der Waals surface area contributed by atoms with Gasteiger partial charge in [0.05, 0.1) is 6.85 Å². The van der Waals surface area contributed by atoms with Crippen LogP contribution in [-0.2, 0) is 5.41 Å². The summed E-state index contributed by atoms with van der Waals surface area (Å²) in [6.45, 7) is 0. The van der Waals surface area contributed by atoms with E-state index in [0.717, 1.165) is 48.7 Å². The Kier molecular flexibility index (Phi) is 4.92. The van der Waals surface area contributed by atoms with Crippen molar-refractivity contribution in [3.63, 3.8) is 0 Å². The predicted molar refractivity (Wildman–Crippen MR) is 210 cm³/mol. The Balaban J connectivity index is 1.19. The van der Waals surface area contributed by atoms with Crippen molar-refractivity contribution in [2.45, 2.75) is 37.5 Å². The molecular formula is C47H35N3S. The number of nitrogens with zero attached hydrogens (tertiary/aromatic N) is 3. The lowest BCUT2D eigenvalue weighted by atomic mass is 9.43. The van der Waals surface area contributed by atoms with Crippen LogP contribution in [0.4, 0.5) is 0 Å². The highest BCUT2D eigenvalue weighted by molar-refractivity contribution is 7.25. The van der Waals surface area contributed by atoms with Crippen LogP contribution in [0, 0.1) is 23.7 Å². The maximum atomic E-state index is 9.00. The maximum Gasteiger partial charge on any atom is 0.164 e. The van der Waals surface area contributed by atoms with Crippen molar-refractivity contribution in [3.05, 3.63) is 138 Å². The van der Waals surface area contributed by atoms with Gasteiger partial charge in [0.15, 0.2) is 17.5 Å². The van der Waals surface area contributed by atoms with Gasteiger partial charge in [-0.2, -0.15) is 0 Å². The second-order valence-corrected chi connectivity index (χ2v) is 16.3. The van der Waals surface area contributed by atoms with Gasteiger partial charge in [0.25, 0.3) is 0 Å². The quantitative estimate of drug-likeness (QED) is 0.187. The minimum absolute atomic E-state index is 0.0285. The fourth-order valence-electron chi connectivity index (χ4n) is 11.2. The molecule has 4 bridgehead atoms. The van der Waals surface area contributed by atoms with E-state index >= 15 is 0 Å². The number of rotatable bonds is 3. The Morgan fingerprint density at radius 1 is 0.549 bits per heavy atom. The van der Waals surface area contributed by atoms with Crippen LogP contribution >= 0.6 is 11.3 Å². The number of hydrogen-bond acceptors (Lipinski definition) is 4. The van der Waals surface area contributed by atoms with Crippen molar-refractivity contribution < 1.29 is 6.85 Å². The highest BCUT2D eigenvalue weighted by Gasteiger charge is 2.62. The molecule has 4 saturated carbocycles. The number of fused-ring (bicyclic) bond motifs is 8. The van der Waals surface area contributed by atoms with Gasteiger partial charge in [-0.25, -0.2) is 15.0 Å². The monoisotopic (exact) mass is 678 g/mol. The molecule has 2 aromatic heterocycles. The van der Waals surface area contributed by atoms with Crippen molar-refractivity contribution in [1.29, 1.82) is 0 Å². The Bertz CT molecular complexity index is 2970. The Morgan fingerprint density at radius 3 is 2.02 bits per heavy atom. The molecule has 244 valence electrons. The smallest absolute Gasteiger partial charge is 0.164 e. The largest absolute Gasteiger partial charge is 0.208 e. The van der Waals surface area contributed by atoms with Crippen molar-refractivity contribution in [1.82, 2.24) is 15.0 Å². The molecule has 0 amide bonds. The molecule has 2 heterocycles. The summed E-state index contributed by atoms with van der Waals surface area (Å²) in [6, 6.07) is 32.6. The zero-order valence-electron chi connectivity index (χ0n) is 32.8. The zero-order chi connectivity index (χ0) is 37.6. The minimum atomic E-state index is -0.446. The number of hydrogen-bond donors (Lipinski definition) is 0. The average molecular weight is 679 g/mol. The summed E-state index contributed by atoms with van der Waals surface area (Å²) in [5.41, 5.74) is 6.80. The third kappa shape index (κ3) is 3.86. The van der Waals surface area contributed by atoms with Crippen LogP contribution in [0.1, 0.15) is 50.1 Å². The third-order valence-corrected chi connectivity index (χ3v) is 13.9. The molecule has 6 aromatic carbocycles. The zero-order valence-corrected chi connectivity index (χ0v) is 28.6. The molecule has 3 nitrogen and oxygen atoms in total. The van der Waals surface area contributed by atoms with Gasteiger partial charge in [0, 0.05) is 42.3 Å². The molecule has 51 heavy (non-hydrogen) atoms. The van der Waals surface area contributed by atoms with Crippen LogP contribution < -0.4 is 0 Å². The van der Waals surface area contributed by atoms with E-state index in [4.69, 9.17) is 21.8 Å². The van der Waals surface area contributed by atoms with E-state index in [1.54, 1.807) is 11.3 Å². The second-order valence-electron chi connectivity index (χ2n) is 15.2. The Morgan fingerprint density at radius 2 is 1.20 bits per heavy atom. The fourth-order valence-corrected chi connectivity index (χ4v) is 12.4. The molecule has 0 radical (unpaired) electrons. The second kappa shape index (κ2) is 10.4. The summed E-state index contributed by atoms with van der Waals surface area (Å²) in [5, 5.41) is 4.54. The van der Waals surface area contributed by atoms with Crippen LogP contribution in [0.5, 0.6) is 0 Å². The lowest BCUT2D eigenvalue weighted by molar-refractivity contribution is -0.0399. The van der Waals surface area contributed by atoms with E-state index in [-0.39, 0.29) is 28.9 Å². The summed E-state index contributed by atoms with van der Waals surface area (Å²) in [4.78, 5) is 15.5. The van der Waals surface area contributed by atoms with Gasteiger partial charge >= 0.3 is 0 Å². The van der Waals surface area contributed by atoms with Crippen LogP contribution in [0.2, 0.25) is 0 Å². The molecule has 0 atom stereocenters. The van der Waals surface area contributed by atoms with E-state index in [1.165, 1.54) is 59.6 Å². The Labute approximate surface area is 308 Å². The predicted octanol–water partition coefficient (Wildman–Crippen LogP) is 12.1. The first-order valence-corrected chi connectivity index (χ1v) is 19.0. The molecule has 5 aliphatic carbocycles. The van der Waals surface area contributed by atoms with Crippen LogP contribution in [0.15, 0.2) is 127 Å². The summed E-state index contributed by atoms with van der Waals surface area (Å²) in [6.07, 6.45) is 6.42. The first-order valence-electron chi connectivity index (χ1n) is 20.7. The van der Waals surface area contributed by atoms with Crippen molar-refractivity contribution in [2.24, 2.45) is 23.7 Å². The van der Waals surface area contributed by atoms with Gasteiger partial charge in [-0.15, -0.1) is 11.3 Å². The molecule has 5 aliphatic rings. The molecule has 0 N–H and O–H groups in total. The maximum absolute atomic E-state index is 9.00. The Hall–Kier alpha value is -5.19. The van der Waals surface area contributed by atoms with Crippen LogP contribution in [-0.4, -0.2) is 15.0 Å². The first-order chi connectivity index (χ1) is 27.3. The topological polar surface area (TPSA) is 38.7 Å². The highest BCUT2D eigenvalue weighted by atomic mass is 32.1. The summed E-state index contributed by atoms with van der Waals surface area (Å²) in [7, 11) is 0.